The fraction of sp³-hybridized carbons (Fsp3) is 0.500. The molecule has 4 radical (unpaired) electrons. The molecule has 0 saturated heterocycles. The van der Waals surface area contributed by atoms with Crippen molar-refractivity contribution in [2.24, 2.45) is 0 Å². The van der Waals surface area contributed by atoms with E-state index >= 15 is 0 Å². The van der Waals surface area contributed by atoms with Crippen LogP contribution in [0.1, 0.15) is 18.9 Å². The van der Waals surface area contributed by atoms with Gasteiger partial charge in [0.05, 0.1) is 20.6 Å². The Hall–Kier alpha value is -0.755. The van der Waals surface area contributed by atoms with E-state index in [-0.39, 0.29) is 8.41 Å². The molecule has 0 aliphatic rings. The molecular weight excluding hydrogens is 169 g/mol. The van der Waals surface area contributed by atoms with E-state index in [2.05, 4.69) is 51.4 Å². The van der Waals surface area contributed by atoms with E-state index in [4.69, 9.17) is 0 Å². The zero-order valence-corrected chi connectivity index (χ0v) is 9.53. The fourth-order valence-corrected chi connectivity index (χ4v) is 1.76. The quantitative estimate of drug-likeness (QED) is 0.503. The summed E-state index contributed by atoms with van der Waals surface area (Å²) in [6, 6.07) is 10.7. The molecule has 0 unspecified atom stereocenters. The van der Waals surface area contributed by atoms with E-state index in [1.54, 1.807) is 0 Å². The van der Waals surface area contributed by atoms with Crippen LogP contribution in [0.3, 0.4) is 0 Å². The van der Waals surface area contributed by atoms with Crippen LogP contribution >= 0.6 is 0 Å². The Bertz CT molecular complexity index is 244. The van der Waals surface area contributed by atoms with E-state index in [1.807, 2.05) is 0 Å². The SMILES string of the molecule is CCC[N+](C)(C)Cc1ccccc1.[B-]. The van der Waals surface area contributed by atoms with Gasteiger partial charge in [-0.2, -0.15) is 0 Å². The summed E-state index contributed by atoms with van der Waals surface area (Å²) in [6.45, 7) is 4.62. The van der Waals surface area contributed by atoms with Crippen molar-refractivity contribution in [1.82, 2.24) is 0 Å². The molecule has 0 aliphatic heterocycles. The lowest BCUT2D eigenvalue weighted by molar-refractivity contribution is -0.903. The average molecular weight is 189 g/mol. The van der Waals surface area contributed by atoms with Gasteiger partial charge in [0, 0.05) is 5.56 Å². The van der Waals surface area contributed by atoms with Gasteiger partial charge < -0.3 is 12.9 Å². The predicted octanol–water partition coefficient (Wildman–Crippen LogP) is 2.29. The third-order valence-corrected chi connectivity index (χ3v) is 2.28. The smallest absolute Gasteiger partial charge is 0.104 e. The second-order valence-electron chi connectivity index (χ2n) is 4.30. The number of hydrogen-bond donors (Lipinski definition) is 0. The van der Waals surface area contributed by atoms with Crippen molar-refractivity contribution in [3.8, 4) is 0 Å². The van der Waals surface area contributed by atoms with Gasteiger partial charge in [-0.1, -0.05) is 37.3 Å². The van der Waals surface area contributed by atoms with E-state index in [0.29, 0.717) is 0 Å². The minimum atomic E-state index is 0. The van der Waals surface area contributed by atoms with Crippen molar-refractivity contribution < 1.29 is 4.48 Å². The predicted molar refractivity (Wildman–Crippen MR) is 63.2 cm³/mol. The Morgan fingerprint density at radius 2 is 1.64 bits per heavy atom. The van der Waals surface area contributed by atoms with Crippen LogP contribution < -0.4 is 0 Å². The minimum absolute atomic E-state index is 0. The van der Waals surface area contributed by atoms with Crippen LogP contribution in [0, 0.1) is 0 Å². The van der Waals surface area contributed by atoms with Crippen molar-refractivity contribution in [1.29, 1.82) is 0 Å². The molecule has 1 aromatic carbocycles. The summed E-state index contributed by atoms with van der Waals surface area (Å²) in [5, 5.41) is 0. The van der Waals surface area contributed by atoms with Gasteiger partial charge in [-0.15, -0.1) is 0 Å². The fourth-order valence-electron chi connectivity index (χ4n) is 1.76. The van der Waals surface area contributed by atoms with Crippen molar-refractivity contribution in [3.05, 3.63) is 35.9 Å². The van der Waals surface area contributed by atoms with Gasteiger partial charge in [0.25, 0.3) is 0 Å². The highest BCUT2D eigenvalue weighted by molar-refractivity contribution is 5.75. The molecule has 0 bridgehead atoms. The Kier molecular flexibility index (Phi) is 5.55. The largest absolute Gasteiger partial charge is 1.00 e. The molecule has 0 aliphatic carbocycles. The van der Waals surface area contributed by atoms with Gasteiger partial charge in [-0.05, 0) is 6.42 Å². The zero-order valence-electron chi connectivity index (χ0n) is 9.53. The number of hydrogen-bond acceptors (Lipinski definition) is 0. The van der Waals surface area contributed by atoms with Gasteiger partial charge in [0.1, 0.15) is 6.54 Å². The van der Waals surface area contributed by atoms with Gasteiger partial charge >= 0.3 is 0 Å². The number of nitrogens with zero attached hydrogens (tertiary/aromatic N) is 1. The van der Waals surface area contributed by atoms with Crippen LogP contribution in [-0.2, 0) is 6.54 Å². The van der Waals surface area contributed by atoms with Crippen molar-refractivity contribution in [3.63, 3.8) is 0 Å². The first kappa shape index (κ1) is 13.2. The molecule has 0 N–H and O–H groups in total. The van der Waals surface area contributed by atoms with Gasteiger partial charge in [-0.25, -0.2) is 0 Å². The molecule has 1 rings (SSSR count). The maximum absolute atomic E-state index is 2.29. The molecule has 0 heterocycles. The first-order valence-electron chi connectivity index (χ1n) is 5.00. The summed E-state index contributed by atoms with van der Waals surface area (Å²) >= 11 is 0. The number of benzene rings is 1. The Morgan fingerprint density at radius 3 is 2.14 bits per heavy atom. The summed E-state index contributed by atoms with van der Waals surface area (Å²) in [5.41, 5.74) is 1.43. The summed E-state index contributed by atoms with van der Waals surface area (Å²) in [6.07, 6.45) is 1.25. The molecule has 1 nitrogen and oxygen atoms in total. The topological polar surface area (TPSA) is 0 Å². The van der Waals surface area contributed by atoms with Crippen molar-refractivity contribution in [2.75, 3.05) is 20.6 Å². The summed E-state index contributed by atoms with van der Waals surface area (Å²) < 4.78 is 1.08. The second kappa shape index (κ2) is 5.87. The monoisotopic (exact) mass is 189 g/mol. The second-order valence-corrected chi connectivity index (χ2v) is 4.30. The first-order valence-corrected chi connectivity index (χ1v) is 5.00. The molecule has 1 aromatic rings. The van der Waals surface area contributed by atoms with E-state index < -0.39 is 0 Å². The maximum atomic E-state index is 2.29. The standard InChI is InChI=1S/C12H20N.B/c1-4-10-13(2,3)11-12-8-6-5-7-9-12;/h5-9H,4,10-11H2,1-3H3;/q+1;-1. The van der Waals surface area contributed by atoms with Crippen LogP contribution in [0.15, 0.2) is 30.3 Å². The van der Waals surface area contributed by atoms with E-state index in [0.717, 1.165) is 11.0 Å². The number of rotatable bonds is 4. The Balaban J connectivity index is 0.00000169. The third kappa shape index (κ3) is 4.47. The average Bonchev–Trinajstić information content (AvgIpc) is 2.04. The molecule has 0 saturated carbocycles. The lowest BCUT2D eigenvalue weighted by Crippen LogP contribution is -2.39. The summed E-state index contributed by atoms with van der Waals surface area (Å²) in [7, 11) is 4.58. The molecule has 0 amide bonds. The molecule has 0 atom stereocenters. The minimum Gasteiger partial charge on any atom is -1.00 e. The Morgan fingerprint density at radius 1 is 1.07 bits per heavy atom. The van der Waals surface area contributed by atoms with Gasteiger partial charge in [0.2, 0.25) is 0 Å². The maximum Gasteiger partial charge on any atom is 0.104 e. The Labute approximate surface area is 89.9 Å². The van der Waals surface area contributed by atoms with Crippen LogP contribution in [0.2, 0.25) is 0 Å². The molecule has 2 heteroatoms. The molecule has 14 heavy (non-hydrogen) atoms. The summed E-state index contributed by atoms with van der Waals surface area (Å²) in [4.78, 5) is 0. The lowest BCUT2D eigenvalue weighted by Gasteiger charge is -2.29. The summed E-state index contributed by atoms with van der Waals surface area (Å²) in [5.74, 6) is 0. The van der Waals surface area contributed by atoms with E-state index in [9.17, 15) is 0 Å². The molecule has 0 aromatic heterocycles. The molecule has 0 spiro atoms. The van der Waals surface area contributed by atoms with Gasteiger partial charge in [0.15, 0.2) is 0 Å². The highest BCUT2D eigenvalue weighted by atomic mass is 15.3. The molecule has 0 fully saturated rings. The normalized spacial score (nSPS) is 10.8. The van der Waals surface area contributed by atoms with E-state index in [1.165, 1.54) is 18.5 Å². The molecule has 76 valence electrons. The molecular formula is C12H20BN. The first-order chi connectivity index (χ1) is 6.14. The highest BCUT2D eigenvalue weighted by Gasteiger charge is 2.13. The lowest BCUT2D eigenvalue weighted by atomic mass is 10.2. The van der Waals surface area contributed by atoms with Gasteiger partial charge in [-0.3, -0.25) is 0 Å². The van der Waals surface area contributed by atoms with Crippen molar-refractivity contribution >= 4 is 8.41 Å². The highest BCUT2D eigenvalue weighted by Crippen LogP contribution is 2.09. The zero-order chi connectivity index (χ0) is 9.73. The third-order valence-electron chi connectivity index (χ3n) is 2.28. The van der Waals surface area contributed by atoms with Crippen LogP contribution in [0.25, 0.3) is 0 Å². The van der Waals surface area contributed by atoms with Crippen molar-refractivity contribution in [2.45, 2.75) is 19.9 Å². The van der Waals surface area contributed by atoms with Crippen LogP contribution in [0.4, 0.5) is 0 Å². The number of quaternary nitrogens is 1. The van der Waals surface area contributed by atoms with Crippen LogP contribution in [0.5, 0.6) is 0 Å². The van der Waals surface area contributed by atoms with Crippen LogP contribution in [-0.4, -0.2) is 33.5 Å².